The Balaban J connectivity index is 1.65. The van der Waals surface area contributed by atoms with Gasteiger partial charge in [0.15, 0.2) is 6.10 Å². The smallest absolute Gasteiger partial charge is 0.338 e. The van der Waals surface area contributed by atoms with Crippen LogP contribution in [0.15, 0.2) is 47.4 Å². The number of carbonyl (C=O) groups is 2. The number of rotatable bonds is 5. The summed E-state index contributed by atoms with van der Waals surface area (Å²) in [6, 6.07) is 10.9. The van der Waals surface area contributed by atoms with Crippen molar-refractivity contribution >= 4 is 27.6 Å². The topological polar surface area (TPSA) is 116 Å². The summed E-state index contributed by atoms with van der Waals surface area (Å²) in [7, 11) is -3.94. The van der Waals surface area contributed by atoms with Gasteiger partial charge in [-0.1, -0.05) is 12.1 Å². The Morgan fingerprint density at radius 2 is 1.85 bits per heavy atom. The van der Waals surface area contributed by atoms with Crippen molar-refractivity contribution in [3.05, 3.63) is 59.2 Å². The molecule has 142 valence electrons. The number of primary sulfonamides is 1. The summed E-state index contributed by atoms with van der Waals surface area (Å²) in [5, 5.41) is 7.79. The van der Waals surface area contributed by atoms with Crippen molar-refractivity contribution in [1.82, 2.24) is 0 Å². The first-order chi connectivity index (χ1) is 12.7. The predicted molar refractivity (Wildman–Crippen MR) is 99.8 cm³/mol. The van der Waals surface area contributed by atoms with E-state index in [1.807, 2.05) is 18.2 Å². The van der Waals surface area contributed by atoms with Crippen LogP contribution < -0.4 is 10.5 Å². The number of esters is 1. The zero-order chi connectivity index (χ0) is 19.6. The van der Waals surface area contributed by atoms with E-state index < -0.39 is 28.0 Å². The maximum absolute atomic E-state index is 12.3. The molecular weight excluding hydrogens is 368 g/mol. The number of ether oxygens (including phenoxy) is 1. The number of nitrogens with one attached hydrogen (secondary N) is 1. The molecule has 0 saturated carbocycles. The number of aryl methyl sites for hydroxylation is 2. The van der Waals surface area contributed by atoms with Gasteiger partial charge in [-0.2, -0.15) is 0 Å². The first-order valence-electron chi connectivity index (χ1n) is 8.50. The minimum absolute atomic E-state index is 0.00120. The van der Waals surface area contributed by atoms with Crippen LogP contribution in [-0.4, -0.2) is 26.4 Å². The maximum atomic E-state index is 12.3. The molecular formula is C19H20N2O5S. The molecule has 0 spiro atoms. The lowest BCUT2D eigenvalue weighted by Gasteiger charge is -2.14. The standard InChI is InChI=1S/C19H20N2O5S/c1-12(18(22)21-16-9-8-13-4-2-5-14(13)10-16)26-19(23)15-6-3-7-17(11-15)27(20,24)25/h3,6-12H,2,4-5H2,1H3,(H,21,22)(H2,20,24,25)/t12-/m1/s1. The van der Waals surface area contributed by atoms with Crippen molar-refractivity contribution in [3.63, 3.8) is 0 Å². The summed E-state index contributed by atoms with van der Waals surface area (Å²) in [4.78, 5) is 24.3. The van der Waals surface area contributed by atoms with Crippen molar-refractivity contribution in [1.29, 1.82) is 0 Å². The normalized spacial score (nSPS) is 14.3. The number of anilines is 1. The predicted octanol–water partition coefficient (Wildman–Crippen LogP) is 2.01. The highest BCUT2D eigenvalue weighted by molar-refractivity contribution is 7.89. The molecule has 0 fully saturated rings. The second-order valence-electron chi connectivity index (χ2n) is 6.45. The lowest BCUT2D eigenvalue weighted by atomic mass is 10.1. The number of amides is 1. The largest absolute Gasteiger partial charge is 0.449 e. The average Bonchev–Trinajstić information content (AvgIpc) is 3.08. The molecule has 0 bridgehead atoms. The van der Waals surface area contributed by atoms with E-state index in [1.54, 1.807) is 0 Å². The van der Waals surface area contributed by atoms with Gasteiger partial charge in [0.1, 0.15) is 0 Å². The van der Waals surface area contributed by atoms with Gasteiger partial charge in [0.25, 0.3) is 5.91 Å². The third-order valence-corrected chi connectivity index (χ3v) is 5.33. The summed E-state index contributed by atoms with van der Waals surface area (Å²) < 4.78 is 27.9. The van der Waals surface area contributed by atoms with Gasteiger partial charge in [0.05, 0.1) is 10.5 Å². The van der Waals surface area contributed by atoms with Crippen molar-refractivity contribution in [2.45, 2.75) is 37.2 Å². The molecule has 2 aromatic carbocycles. The fraction of sp³-hybridized carbons (Fsp3) is 0.263. The molecule has 0 aliphatic heterocycles. The van der Waals surface area contributed by atoms with E-state index in [0.29, 0.717) is 5.69 Å². The van der Waals surface area contributed by atoms with E-state index in [9.17, 15) is 18.0 Å². The van der Waals surface area contributed by atoms with Gasteiger partial charge >= 0.3 is 5.97 Å². The first-order valence-corrected chi connectivity index (χ1v) is 10.1. The van der Waals surface area contributed by atoms with Crippen LogP contribution in [0.1, 0.15) is 34.8 Å². The summed E-state index contributed by atoms with van der Waals surface area (Å²) in [5.41, 5.74) is 3.16. The second kappa shape index (κ2) is 7.50. The van der Waals surface area contributed by atoms with Gasteiger partial charge in [-0.05, 0) is 67.6 Å². The van der Waals surface area contributed by atoms with Gasteiger partial charge in [0.2, 0.25) is 10.0 Å². The molecule has 1 aliphatic rings. The number of carbonyl (C=O) groups excluding carboxylic acids is 2. The lowest BCUT2D eigenvalue weighted by molar-refractivity contribution is -0.123. The summed E-state index contributed by atoms with van der Waals surface area (Å²) >= 11 is 0. The highest BCUT2D eigenvalue weighted by Gasteiger charge is 2.21. The molecule has 8 heteroatoms. The van der Waals surface area contributed by atoms with Crippen molar-refractivity contribution < 1.29 is 22.7 Å². The van der Waals surface area contributed by atoms with E-state index in [1.165, 1.54) is 36.2 Å². The van der Waals surface area contributed by atoms with E-state index >= 15 is 0 Å². The monoisotopic (exact) mass is 388 g/mol. The molecule has 1 amide bonds. The van der Waals surface area contributed by atoms with Crippen LogP contribution in [0.5, 0.6) is 0 Å². The third-order valence-electron chi connectivity index (χ3n) is 4.42. The number of sulfonamides is 1. The van der Waals surface area contributed by atoms with Gasteiger partial charge < -0.3 is 10.1 Å². The fourth-order valence-corrected chi connectivity index (χ4v) is 3.54. The van der Waals surface area contributed by atoms with Crippen LogP contribution in [0.25, 0.3) is 0 Å². The Kier molecular flexibility index (Phi) is 5.29. The Labute approximate surface area is 157 Å². The number of benzene rings is 2. The first kappa shape index (κ1) is 19.1. The van der Waals surface area contributed by atoms with Gasteiger partial charge in [-0.15, -0.1) is 0 Å². The van der Waals surface area contributed by atoms with E-state index in [2.05, 4.69) is 5.32 Å². The van der Waals surface area contributed by atoms with Gasteiger partial charge in [0, 0.05) is 5.69 Å². The number of hydrogen-bond acceptors (Lipinski definition) is 5. The Bertz CT molecular complexity index is 1000. The molecule has 27 heavy (non-hydrogen) atoms. The van der Waals surface area contributed by atoms with E-state index in [0.717, 1.165) is 25.3 Å². The van der Waals surface area contributed by atoms with Crippen molar-refractivity contribution in [2.75, 3.05) is 5.32 Å². The number of fused-ring (bicyclic) bond motifs is 1. The molecule has 7 nitrogen and oxygen atoms in total. The minimum atomic E-state index is -3.94. The van der Waals surface area contributed by atoms with Crippen molar-refractivity contribution in [2.24, 2.45) is 5.14 Å². The third kappa shape index (κ3) is 4.53. The maximum Gasteiger partial charge on any atom is 0.338 e. The fourth-order valence-electron chi connectivity index (χ4n) is 2.98. The van der Waals surface area contributed by atoms with Gasteiger partial charge in [-0.3, -0.25) is 4.79 Å². The molecule has 0 heterocycles. The summed E-state index contributed by atoms with van der Waals surface area (Å²) in [5.74, 6) is -1.28. The molecule has 0 unspecified atom stereocenters. The summed E-state index contributed by atoms with van der Waals surface area (Å²) in [6.07, 6.45) is 2.10. The summed E-state index contributed by atoms with van der Waals surface area (Å²) in [6.45, 7) is 1.45. The highest BCUT2D eigenvalue weighted by Crippen LogP contribution is 2.25. The molecule has 0 aromatic heterocycles. The van der Waals surface area contributed by atoms with Crippen LogP contribution in [0.2, 0.25) is 0 Å². The van der Waals surface area contributed by atoms with Gasteiger partial charge in [-0.25, -0.2) is 18.4 Å². The second-order valence-corrected chi connectivity index (χ2v) is 8.01. The quantitative estimate of drug-likeness (QED) is 0.760. The van der Waals surface area contributed by atoms with Crippen LogP contribution in [0.3, 0.4) is 0 Å². The zero-order valence-corrected chi connectivity index (χ0v) is 15.6. The zero-order valence-electron chi connectivity index (χ0n) is 14.8. The van der Waals surface area contributed by atoms with Crippen molar-refractivity contribution in [3.8, 4) is 0 Å². The van der Waals surface area contributed by atoms with E-state index in [4.69, 9.17) is 9.88 Å². The minimum Gasteiger partial charge on any atom is -0.449 e. The molecule has 3 N–H and O–H groups in total. The molecule has 2 aromatic rings. The molecule has 3 rings (SSSR count). The number of hydrogen-bond donors (Lipinski definition) is 2. The Morgan fingerprint density at radius 1 is 1.11 bits per heavy atom. The van der Waals surface area contributed by atoms with E-state index in [-0.39, 0.29) is 10.5 Å². The average molecular weight is 388 g/mol. The molecule has 0 radical (unpaired) electrons. The molecule has 1 atom stereocenters. The molecule has 1 aliphatic carbocycles. The highest BCUT2D eigenvalue weighted by atomic mass is 32.2. The number of nitrogens with two attached hydrogens (primary N) is 1. The van der Waals surface area contributed by atoms with Crippen LogP contribution in [0.4, 0.5) is 5.69 Å². The van der Waals surface area contributed by atoms with Crippen LogP contribution >= 0.6 is 0 Å². The Morgan fingerprint density at radius 3 is 2.59 bits per heavy atom. The van der Waals surface area contributed by atoms with Crippen LogP contribution in [0, 0.1) is 0 Å². The SMILES string of the molecule is C[C@@H](OC(=O)c1cccc(S(N)(=O)=O)c1)C(=O)Nc1ccc2c(c1)CCC2. The Hall–Kier alpha value is -2.71. The molecule has 0 saturated heterocycles. The lowest BCUT2D eigenvalue weighted by Crippen LogP contribution is -2.30. The van der Waals surface area contributed by atoms with Crippen LogP contribution in [-0.2, 0) is 32.4 Å².